The van der Waals surface area contributed by atoms with Gasteiger partial charge in [-0.2, -0.15) is 5.26 Å². The molecule has 3 rings (SSSR count). The van der Waals surface area contributed by atoms with Crippen LogP contribution >= 0.6 is 0 Å². The van der Waals surface area contributed by atoms with Crippen LogP contribution in [0.4, 0.5) is 5.82 Å². The van der Waals surface area contributed by atoms with E-state index in [1.54, 1.807) is 0 Å². The van der Waals surface area contributed by atoms with Crippen molar-refractivity contribution in [2.75, 3.05) is 18.4 Å². The Labute approximate surface area is 106 Å². The van der Waals surface area contributed by atoms with Gasteiger partial charge < -0.3 is 10.6 Å². The Morgan fingerprint density at radius 1 is 1.39 bits per heavy atom. The highest BCUT2D eigenvalue weighted by Crippen LogP contribution is 2.21. The van der Waals surface area contributed by atoms with Gasteiger partial charge in [-0.15, -0.1) is 0 Å². The van der Waals surface area contributed by atoms with Gasteiger partial charge in [0.25, 0.3) is 0 Å². The van der Waals surface area contributed by atoms with Crippen LogP contribution in [0.3, 0.4) is 0 Å². The van der Waals surface area contributed by atoms with E-state index in [-0.39, 0.29) is 0 Å². The first-order valence-electron chi connectivity index (χ1n) is 6.14. The third kappa shape index (κ3) is 2.01. The number of aromatic nitrogens is 1. The molecule has 0 saturated carbocycles. The van der Waals surface area contributed by atoms with Gasteiger partial charge in [0.1, 0.15) is 11.9 Å². The van der Waals surface area contributed by atoms with Crippen molar-refractivity contribution in [1.29, 1.82) is 5.26 Å². The first-order chi connectivity index (χ1) is 8.86. The number of hydrogen-bond acceptors (Lipinski definition) is 4. The second-order valence-electron chi connectivity index (χ2n) is 4.52. The van der Waals surface area contributed by atoms with E-state index in [0.717, 1.165) is 30.4 Å². The lowest BCUT2D eigenvalue weighted by Crippen LogP contribution is -2.23. The van der Waals surface area contributed by atoms with E-state index in [2.05, 4.69) is 21.7 Å². The summed E-state index contributed by atoms with van der Waals surface area (Å²) in [6.45, 7) is 1.95. The molecule has 1 aliphatic rings. The standard InChI is InChI=1S/C14H14N4/c15-8-11-7-10-3-1-2-4-13(10)18-14(11)17-12-5-6-16-9-12/h1-4,7,12,16H,5-6,9H2,(H,17,18). The molecule has 0 bridgehead atoms. The topological polar surface area (TPSA) is 60.7 Å². The Kier molecular flexibility index (Phi) is 2.83. The monoisotopic (exact) mass is 238 g/mol. The molecule has 1 atom stereocenters. The quantitative estimate of drug-likeness (QED) is 0.838. The molecule has 1 aliphatic heterocycles. The minimum absolute atomic E-state index is 0.366. The number of nitriles is 1. The molecule has 1 saturated heterocycles. The van der Waals surface area contributed by atoms with Crippen LogP contribution in [0.1, 0.15) is 12.0 Å². The number of hydrogen-bond donors (Lipinski definition) is 2. The van der Waals surface area contributed by atoms with Crippen molar-refractivity contribution in [3.63, 3.8) is 0 Å². The highest BCUT2D eigenvalue weighted by Gasteiger charge is 2.16. The number of benzene rings is 1. The smallest absolute Gasteiger partial charge is 0.144 e. The SMILES string of the molecule is N#Cc1cc2ccccc2nc1NC1CCNC1. The Morgan fingerprint density at radius 2 is 2.28 bits per heavy atom. The predicted octanol–water partition coefficient (Wildman–Crippen LogP) is 1.88. The van der Waals surface area contributed by atoms with Crippen LogP contribution in [0.2, 0.25) is 0 Å². The molecule has 18 heavy (non-hydrogen) atoms. The molecule has 1 unspecified atom stereocenters. The van der Waals surface area contributed by atoms with Crippen molar-refractivity contribution >= 4 is 16.7 Å². The van der Waals surface area contributed by atoms with Crippen molar-refractivity contribution in [3.8, 4) is 6.07 Å². The maximum atomic E-state index is 9.21. The van der Waals surface area contributed by atoms with E-state index in [4.69, 9.17) is 0 Å². The summed E-state index contributed by atoms with van der Waals surface area (Å²) < 4.78 is 0. The average Bonchev–Trinajstić information content (AvgIpc) is 2.91. The van der Waals surface area contributed by atoms with Crippen molar-refractivity contribution in [1.82, 2.24) is 10.3 Å². The fourth-order valence-corrected chi connectivity index (χ4v) is 2.28. The van der Waals surface area contributed by atoms with Gasteiger partial charge in [-0.1, -0.05) is 18.2 Å². The van der Waals surface area contributed by atoms with Crippen LogP contribution in [0.5, 0.6) is 0 Å². The van der Waals surface area contributed by atoms with Gasteiger partial charge in [0.2, 0.25) is 0 Å². The number of nitrogens with zero attached hydrogens (tertiary/aromatic N) is 2. The normalized spacial score (nSPS) is 18.7. The van der Waals surface area contributed by atoms with Crippen LogP contribution in [0.15, 0.2) is 30.3 Å². The molecule has 1 aromatic carbocycles. The Hall–Kier alpha value is -2.12. The predicted molar refractivity (Wildman–Crippen MR) is 71.4 cm³/mol. The summed E-state index contributed by atoms with van der Waals surface area (Å²) in [5.74, 6) is 0.699. The zero-order valence-electron chi connectivity index (χ0n) is 9.98. The largest absolute Gasteiger partial charge is 0.365 e. The Morgan fingerprint density at radius 3 is 3.06 bits per heavy atom. The third-order valence-corrected chi connectivity index (χ3v) is 3.25. The van der Waals surface area contributed by atoms with Crippen LogP contribution in [0, 0.1) is 11.3 Å². The number of nitrogens with one attached hydrogen (secondary N) is 2. The van der Waals surface area contributed by atoms with Gasteiger partial charge in [-0.25, -0.2) is 4.98 Å². The lowest BCUT2D eigenvalue weighted by Gasteiger charge is -2.13. The molecule has 2 N–H and O–H groups in total. The van der Waals surface area contributed by atoms with Crippen LogP contribution in [-0.4, -0.2) is 24.1 Å². The van der Waals surface area contributed by atoms with Gasteiger partial charge in [0.15, 0.2) is 0 Å². The molecule has 0 radical (unpaired) electrons. The van der Waals surface area contributed by atoms with Gasteiger partial charge in [0, 0.05) is 18.0 Å². The van der Waals surface area contributed by atoms with E-state index < -0.39 is 0 Å². The first-order valence-corrected chi connectivity index (χ1v) is 6.14. The third-order valence-electron chi connectivity index (χ3n) is 3.25. The highest BCUT2D eigenvalue weighted by molar-refractivity contribution is 5.82. The van der Waals surface area contributed by atoms with E-state index >= 15 is 0 Å². The molecule has 2 heterocycles. The van der Waals surface area contributed by atoms with Crippen molar-refractivity contribution in [2.45, 2.75) is 12.5 Å². The minimum Gasteiger partial charge on any atom is -0.365 e. The van der Waals surface area contributed by atoms with E-state index in [0.29, 0.717) is 17.4 Å². The van der Waals surface area contributed by atoms with Crippen LogP contribution in [-0.2, 0) is 0 Å². The van der Waals surface area contributed by atoms with Gasteiger partial charge in [-0.3, -0.25) is 0 Å². The van der Waals surface area contributed by atoms with Gasteiger partial charge in [0.05, 0.1) is 11.1 Å². The molecule has 2 aromatic rings. The molecule has 0 amide bonds. The molecule has 0 aliphatic carbocycles. The number of rotatable bonds is 2. The second-order valence-corrected chi connectivity index (χ2v) is 4.52. The average molecular weight is 238 g/mol. The molecule has 90 valence electrons. The van der Waals surface area contributed by atoms with Crippen molar-refractivity contribution in [2.24, 2.45) is 0 Å². The fourth-order valence-electron chi connectivity index (χ4n) is 2.28. The summed E-state index contributed by atoms with van der Waals surface area (Å²) in [4.78, 5) is 4.55. The number of anilines is 1. The van der Waals surface area contributed by atoms with E-state index in [9.17, 15) is 5.26 Å². The fraction of sp³-hybridized carbons (Fsp3) is 0.286. The van der Waals surface area contributed by atoms with Crippen LogP contribution in [0.25, 0.3) is 10.9 Å². The summed E-state index contributed by atoms with van der Waals surface area (Å²) in [7, 11) is 0. The molecule has 4 nitrogen and oxygen atoms in total. The molecular weight excluding hydrogens is 224 g/mol. The Bertz CT molecular complexity index is 609. The summed E-state index contributed by atoms with van der Waals surface area (Å²) in [6.07, 6.45) is 1.07. The van der Waals surface area contributed by atoms with Crippen molar-refractivity contribution in [3.05, 3.63) is 35.9 Å². The molecule has 1 fully saturated rings. The Balaban J connectivity index is 2.01. The summed E-state index contributed by atoms with van der Waals surface area (Å²) in [5, 5.41) is 16.9. The zero-order valence-corrected chi connectivity index (χ0v) is 9.98. The molecule has 1 aromatic heterocycles. The highest BCUT2D eigenvalue weighted by atomic mass is 15.1. The van der Waals surface area contributed by atoms with Gasteiger partial charge in [-0.05, 0) is 25.1 Å². The van der Waals surface area contributed by atoms with Crippen LogP contribution < -0.4 is 10.6 Å². The summed E-state index contributed by atoms with van der Waals surface area (Å²) in [5.41, 5.74) is 1.53. The second kappa shape index (κ2) is 4.63. The first kappa shape index (κ1) is 11.0. The maximum absolute atomic E-state index is 9.21. The van der Waals surface area contributed by atoms with E-state index in [1.807, 2.05) is 30.3 Å². The summed E-state index contributed by atoms with van der Waals surface area (Å²) in [6, 6.07) is 12.3. The number of fused-ring (bicyclic) bond motifs is 1. The lowest BCUT2D eigenvalue weighted by molar-refractivity contribution is 0.788. The van der Waals surface area contributed by atoms with Gasteiger partial charge >= 0.3 is 0 Å². The van der Waals surface area contributed by atoms with E-state index in [1.165, 1.54) is 0 Å². The number of para-hydroxylation sites is 1. The number of pyridine rings is 1. The summed E-state index contributed by atoms with van der Waals surface area (Å²) >= 11 is 0. The molecular formula is C14H14N4. The lowest BCUT2D eigenvalue weighted by atomic mass is 10.1. The minimum atomic E-state index is 0.366. The zero-order chi connectivity index (χ0) is 12.4. The molecule has 4 heteroatoms. The maximum Gasteiger partial charge on any atom is 0.144 e. The van der Waals surface area contributed by atoms with Crippen molar-refractivity contribution < 1.29 is 0 Å². The molecule has 0 spiro atoms.